The Labute approximate surface area is 149 Å². The topological polar surface area (TPSA) is 57.7 Å². The molecule has 24 heavy (non-hydrogen) atoms. The Kier molecular flexibility index (Phi) is 6.28. The summed E-state index contributed by atoms with van der Waals surface area (Å²) in [7, 11) is -3.57. The molecule has 5 nitrogen and oxygen atoms in total. The molecule has 7 heteroatoms. The monoisotopic (exact) mass is 372 g/mol. The van der Waals surface area contributed by atoms with Gasteiger partial charge in [0.1, 0.15) is 0 Å². The van der Waals surface area contributed by atoms with Crippen LogP contribution in [0.15, 0.2) is 23.1 Å². The first-order valence-corrected chi connectivity index (χ1v) is 10.2. The summed E-state index contributed by atoms with van der Waals surface area (Å²) in [5.74, 6) is 0.0489. The van der Waals surface area contributed by atoms with E-state index in [2.05, 4.69) is 0 Å². The number of halogens is 1. The second-order valence-electron chi connectivity index (χ2n) is 6.10. The molecule has 1 aliphatic rings. The zero-order chi connectivity index (χ0) is 17.9. The van der Waals surface area contributed by atoms with E-state index in [0.29, 0.717) is 49.6 Å². The van der Waals surface area contributed by atoms with Crippen LogP contribution in [0.2, 0.25) is 5.02 Å². The van der Waals surface area contributed by atoms with E-state index >= 15 is 0 Å². The standard InChI is InChI=1S/C17H25ClN2O3S/c1-4-19(5-2)17(21)14-8-10-20(11-9-14)24(22,23)16-12-15(18)7-6-13(16)3/h6-7,12,14H,4-5,8-11H2,1-3H3. The summed E-state index contributed by atoms with van der Waals surface area (Å²) < 4.78 is 27.2. The first-order valence-electron chi connectivity index (χ1n) is 8.36. The van der Waals surface area contributed by atoms with Crippen molar-refractivity contribution in [3.05, 3.63) is 28.8 Å². The third kappa shape index (κ3) is 3.92. The highest BCUT2D eigenvalue weighted by Gasteiger charge is 2.33. The van der Waals surface area contributed by atoms with Crippen molar-refractivity contribution in [1.82, 2.24) is 9.21 Å². The van der Waals surface area contributed by atoms with Crippen molar-refractivity contribution in [2.24, 2.45) is 5.92 Å². The number of rotatable bonds is 5. The quantitative estimate of drug-likeness (QED) is 0.798. The number of hydrogen-bond donors (Lipinski definition) is 0. The summed E-state index contributed by atoms with van der Waals surface area (Å²) in [5.41, 5.74) is 0.681. The van der Waals surface area contributed by atoms with Crippen LogP contribution >= 0.6 is 11.6 Å². The molecule has 134 valence electrons. The molecule has 1 fully saturated rings. The van der Waals surface area contributed by atoms with Crippen LogP contribution in [0.25, 0.3) is 0 Å². The molecule has 1 heterocycles. The lowest BCUT2D eigenvalue weighted by Gasteiger charge is -2.33. The Hall–Kier alpha value is -1.11. The van der Waals surface area contributed by atoms with Gasteiger partial charge in [0.15, 0.2) is 0 Å². The lowest BCUT2D eigenvalue weighted by Crippen LogP contribution is -2.44. The van der Waals surface area contributed by atoms with E-state index in [1.54, 1.807) is 19.1 Å². The van der Waals surface area contributed by atoms with Gasteiger partial charge in [-0.2, -0.15) is 4.31 Å². The molecular formula is C17H25ClN2O3S. The molecule has 1 saturated heterocycles. The molecule has 0 saturated carbocycles. The van der Waals surface area contributed by atoms with Crippen molar-refractivity contribution in [2.75, 3.05) is 26.2 Å². The van der Waals surface area contributed by atoms with Gasteiger partial charge in [-0.05, 0) is 51.3 Å². The molecule has 0 spiro atoms. The van der Waals surface area contributed by atoms with E-state index in [0.717, 1.165) is 0 Å². The Balaban J connectivity index is 2.11. The summed E-state index contributed by atoms with van der Waals surface area (Å²) in [6.45, 7) is 7.80. The van der Waals surface area contributed by atoms with Crippen LogP contribution in [0.5, 0.6) is 0 Å². The number of carbonyl (C=O) groups is 1. The molecular weight excluding hydrogens is 348 g/mol. The average molecular weight is 373 g/mol. The van der Waals surface area contributed by atoms with Gasteiger partial charge < -0.3 is 4.90 Å². The maximum atomic E-state index is 12.9. The van der Waals surface area contributed by atoms with Crippen LogP contribution < -0.4 is 0 Å². The third-order valence-electron chi connectivity index (χ3n) is 4.65. The van der Waals surface area contributed by atoms with Gasteiger partial charge in [-0.15, -0.1) is 0 Å². The van der Waals surface area contributed by atoms with Crippen LogP contribution in [-0.2, 0) is 14.8 Å². The molecule has 1 amide bonds. The minimum Gasteiger partial charge on any atom is -0.343 e. The van der Waals surface area contributed by atoms with Gasteiger partial charge in [0.25, 0.3) is 0 Å². The molecule has 1 aliphatic heterocycles. The van der Waals surface area contributed by atoms with Crippen LogP contribution in [-0.4, -0.2) is 49.7 Å². The highest BCUT2D eigenvalue weighted by molar-refractivity contribution is 7.89. The SMILES string of the molecule is CCN(CC)C(=O)C1CCN(S(=O)(=O)c2cc(Cl)ccc2C)CC1. The van der Waals surface area contributed by atoms with Gasteiger partial charge in [0, 0.05) is 37.1 Å². The fraction of sp³-hybridized carbons (Fsp3) is 0.588. The summed E-state index contributed by atoms with van der Waals surface area (Å²) in [5, 5.41) is 0.408. The van der Waals surface area contributed by atoms with Gasteiger partial charge in [0.05, 0.1) is 4.90 Å². The van der Waals surface area contributed by atoms with E-state index in [1.165, 1.54) is 10.4 Å². The van der Waals surface area contributed by atoms with Crippen molar-refractivity contribution in [3.8, 4) is 0 Å². The zero-order valence-electron chi connectivity index (χ0n) is 14.5. The van der Waals surface area contributed by atoms with Crippen LogP contribution in [0.3, 0.4) is 0 Å². The minimum absolute atomic E-state index is 0.0863. The van der Waals surface area contributed by atoms with E-state index in [1.807, 2.05) is 18.7 Å². The van der Waals surface area contributed by atoms with E-state index in [-0.39, 0.29) is 16.7 Å². The molecule has 1 aromatic rings. The molecule has 1 aromatic carbocycles. The van der Waals surface area contributed by atoms with Gasteiger partial charge >= 0.3 is 0 Å². The summed E-state index contributed by atoms with van der Waals surface area (Å²) in [6, 6.07) is 4.90. The minimum atomic E-state index is -3.57. The number of aryl methyl sites for hydroxylation is 1. The molecule has 0 unspecified atom stereocenters. The van der Waals surface area contributed by atoms with Crippen molar-refractivity contribution < 1.29 is 13.2 Å². The van der Waals surface area contributed by atoms with Gasteiger partial charge in [-0.1, -0.05) is 17.7 Å². The summed E-state index contributed by atoms with van der Waals surface area (Å²) >= 11 is 5.96. The van der Waals surface area contributed by atoms with Crippen molar-refractivity contribution in [2.45, 2.75) is 38.5 Å². The Morgan fingerprint density at radius 2 is 1.83 bits per heavy atom. The zero-order valence-corrected chi connectivity index (χ0v) is 16.0. The number of benzene rings is 1. The number of amides is 1. The first-order chi connectivity index (χ1) is 11.3. The number of hydrogen-bond acceptors (Lipinski definition) is 3. The predicted molar refractivity (Wildman–Crippen MR) is 95.6 cm³/mol. The van der Waals surface area contributed by atoms with Crippen LogP contribution in [0.1, 0.15) is 32.3 Å². The van der Waals surface area contributed by atoms with Gasteiger partial charge in [0.2, 0.25) is 15.9 Å². The highest BCUT2D eigenvalue weighted by atomic mass is 35.5. The number of carbonyl (C=O) groups excluding carboxylic acids is 1. The Morgan fingerprint density at radius 3 is 2.38 bits per heavy atom. The summed E-state index contributed by atoms with van der Waals surface area (Å²) in [6.07, 6.45) is 1.13. The van der Waals surface area contributed by atoms with Crippen LogP contribution in [0, 0.1) is 12.8 Å². The van der Waals surface area contributed by atoms with Crippen molar-refractivity contribution >= 4 is 27.5 Å². The lowest BCUT2D eigenvalue weighted by atomic mass is 9.96. The number of nitrogens with zero attached hydrogens (tertiary/aromatic N) is 2. The highest BCUT2D eigenvalue weighted by Crippen LogP contribution is 2.28. The molecule has 0 radical (unpaired) electrons. The maximum Gasteiger partial charge on any atom is 0.243 e. The van der Waals surface area contributed by atoms with Crippen molar-refractivity contribution in [1.29, 1.82) is 0 Å². The normalized spacial score (nSPS) is 17.0. The van der Waals surface area contributed by atoms with E-state index < -0.39 is 10.0 Å². The van der Waals surface area contributed by atoms with Gasteiger partial charge in [-0.3, -0.25) is 4.79 Å². The van der Waals surface area contributed by atoms with E-state index in [9.17, 15) is 13.2 Å². The molecule has 0 bridgehead atoms. The van der Waals surface area contributed by atoms with Crippen molar-refractivity contribution in [3.63, 3.8) is 0 Å². The molecule has 0 aliphatic carbocycles. The Bertz CT molecular complexity index is 694. The second kappa shape index (κ2) is 7.85. The average Bonchev–Trinajstić information content (AvgIpc) is 2.58. The van der Waals surface area contributed by atoms with Crippen LogP contribution in [0.4, 0.5) is 0 Å². The van der Waals surface area contributed by atoms with E-state index in [4.69, 9.17) is 11.6 Å². The molecule has 2 rings (SSSR count). The smallest absolute Gasteiger partial charge is 0.243 e. The molecule has 0 N–H and O–H groups in total. The third-order valence-corrected chi connectivity index (χ3v) is 6.92. The largest absolute Gasteiger partial charge is 0.343 e. The first kappa shape index (κ1) is 19.2. The van der Waals surface area contributed by atoms with Gasteiger partial charge in [-0.25, -0.2) is 8.42 Å². The maximum absolute atomic E-state index is 12.9. The predicted octanol–water partition coefficient (Wildman–Crippen LogP) is 2.92. The Morgan fingerprint density at radius 1 is 1.25 bits per heavy atom. The molecule has 0 aromatic heterocycles. The number of piperidine rings is 1. The fourth-order valence-electron chi connectivity index (χ4n) is 3.13. The lowest BCUT2D eigenvalue weighted by molar-refractivity contribution is -0.136. The molecule has 0 atom stereocenters. The number of sulfonamides is 1. The summed E-state index contributed by atoms with van der Waals surface area (Å²) in [4.78, 5) is 14.5. The fourth-order valence-corrected chi connectivity index (χ4v) is 5.08. The second-order valence-corrected chi connectivity index (χ2v) is 8.44.